The van der Waals surface area contributed by atoms with Crippen molar-refractivity contribution in [2.45, 2.75) is 25.9 Å². The lowest BCUT2D eigenvalue weighted by Gasteiger charge is -2.32. The minimum atomic E-state index is -0.0396. The van der Waals surface area contributed by atoms with Crippen LogP contribution in [0.15, 0.2) is 40.9 Å². The second-order valence-electron chi connectivity index (χ2n) is 6.68. The van der Waals surface area contributed by atoms with Gasteiger partial charge in [-0.3, -0.25) is 4.79 Å². The first-order valence-corrected chi connectivity index (χ1v) is 10.5. The van der Waals surface area contributed by atoms with Gasteiger partial charge in [-0.2, -0.15) is 0 Å². The van der Waals surface area contributed by atoms with Crippen molar-refractivity contribution in [3.8, 4) is 23.0 Å². The zero-order chi connectivity index (χ0) is 20.8. The normalized spacial score (nSPS) is 14.4. The van der Waals surface area contributed by atoms with Crippen LogP contribution in [0.3, 0.4) is 0 Å². The summed E-state index contributed by atoms with van der Waals surface area (Å²) >= 11 is 3.44. The number of carbonyl (C=O) groups excluding carboxylic acids is 1. The molecule has 2 aromatic carbocycles. The van der Waals surface area contributed by atoms with Gasteiger partial charge in [-0.15, -0.1) is 0 Å². The van der Waals surface area contributed by atoms with Crippen LogP contribution in [0.25, 0.3) is 0 Å². The molecule has 0 N–H and O–H groups in total. The van der Waals surface area contributed by atoms with E-state index >= 15 is 0 Å². The second-order valence-corrected chi connectivity index (χ2v) is 7.48. The van der Waals surface area contributed by atoms with E-state index in [2.05, 4.69) is 15.9 Å². The Morgan fingerprint density at radius 1 is 1.03 bits per heavy atom. The highest BCUT2D eigenvalue weighted by atomic mass is 79.9. The van der Waals surface area contributed by atoms with Crippen molar-refractivity contribution in [1.29, 1.82) is 0 Å². The molecule has 0 saturated carbocycles. The molecular formula is C22H26BrNO5. The van der Waals surface area contributed by atoms with E-state index in [1.807, 2.05) is 36.1 Å². The van der Waals surface area contributed by atoms with Crippen LogP contribution in [0.1, 0.15) is 30.1 Å². The zero-order valence-electron chi connectivity index (χ0n) is 16.9. The molecule has 29 heavy (non-hydrogen) atoms. The molecule has 0 radical (unpaired) electrons. The summed E-state index contributed by atoms with van der Waals surface area (Å²) in [5.74, 6) is 2.60. The molecule has 0 bridgehead atoms. The third kappa shape index (κ3) is 4.96. The number of rotatable bonds is 7. The number of likely N-dealkylation sites (tertiary alicyclic amines) is 1. The number of halogens is 1. The van der Waals surface area contributed by atoms with Crippen molar-refractivity contribution >= 4 is 21.8 Å². The zero-order valence-corrected chi connectivity index (χ0v) is 18.5. The highest BCUT2D eigenvalue weighted by molar-refractivity contribution is 9.10. The molecule has 1 saturated heterocycles. The average molecular weight is 464 g/mol. The minimum Gasteiger partial charge on any atom is -0.495 e. The van der Waals surface area contributed by atoms with Gasteiger partial charge in [-0.1, -0.05) is 12.1 Å². The largest absolute Gasteiger partial charge is 0.495 e. The van der Waals surface area contributed by atoms with Gasteiger partial charge in [0.1, 0.15) is 22.1 Å². The third-order valence-corrected chi connectivity index (χ3v) is 5.65. The Hall–Kier alpha value is -2.41. The predicted octanol–water partition coefficient (Wildman–Crippen LogP) is 4.55. The number of piperidine rings is 1. The number of amides is 1. The Morgan fingerprint density at radius 2 is 1.62 bits per heavy atom. The fourth-order valence-corrected chi connectivity index (χ4v) is 3.91. The first-order chi connectivity index (χ1) is 14.1. The van der Waals surface area contributed by atoms with Crippen molar-refractivity contribution in [2.75, 3.05) is 33.9 Å². The van der Waals surface area contributed by atoms with Gasteiger partial charge < -0.3 is 23.8 Å². The molecule has 1 heterocycles. The lowest BCUT2D eigenvalue weighted by Crippen LogP contribution is -2.41. The highest BCUT2D eigenvalue weighted by Gasteiger charge is 2.26. The number of para-hydroxylation sites is 2. The molecule has 0 aromatic heterocycles. The van der Waals surface area contributed by atoms with Crippen LogP contribution >= 0.6 is 15.9 Å². The Bertz CT molecular complexity index is 824. The van der Waals surface area contributed by atoms with Gasteiger partial charge in [-0.05, 0) is 47.1 Å². The Kier molecular flexibility index (Phi) is 7.25. The van der Waals surface area contributed by atoms with E-state index in [9.17, 15) is 4.79 Å². The summed E-state index contributed by atoms with van der Waals surface area (Å²) < 4.78 is 23.2. The molecule has 0 atom stereocenters. The number of methoxy groups -OCH3 is 2. The lowest BCUT2D eigenvalue weighted by molar-refractivity contribution is 0.0588. The topological polar surface area (TPSA) is 57.2 Å². The van der Waals surface area contributed by atoms with Gasteiger partial charge in [0.2, 0.25) is 0 Å². The number of benzene rings is 2. The van der Waals surface area contributed by atoms with Crippen LogP contribution in [0.2, 0.25) is 0 Å². The average Bonchev–Trinajstić information content (AvgIpc) is 2.75. The van der Waals surface area contributed by atoms with Crippen LogP contribution in [-0.4, -0.2) is 50.8 Å². The van der Waals surface area contributed by atoms with Crippen molar-refractivity contribution in [3.05, 3.63) is 46.4 Å². The van der Waals surface area contributed by atoms with Crippen molar-refractivity contribution in [3.63, 3.8) is 0 Å². The number of ether oxygens (including phenoxy) is 4. The lowest BCUT2D eigenvalue weighted by atomic mass is 10.1. The van der Waals surface area contributed by atoms with Gasteiger partial charge >= 0.3 is 0 Å². The maximum absolute atomic E-state index is 13.0. The van der Waals surface area contributed by atoms with E-state index in [1.165, 1.54) is 0 Å². The molecule has 0 aliphatic carbocycles. The summed E-state index contributed by atoms with van der Waals surface area (Å²) in [6.45, 7) is 3.79. The van der Waals surface area contributed by atoms with Crippen LogP contribution in [0.5, 0.6) is 23.0 Å². The fourth-order valence-electron chi connectivity index (χ4n) is 3.35. The van der Waals surface area contributed by atoms with Crippen molar-refractivity contribution < 1.29 is 23.7 Å². The van der Waals surface area contributed by atoms with E-state index in [0.29, 0.717) is 41.2 Å². The van der Waals surface area contributed by atoms with Crippen molar-refractivity contribution in [1.82, 2.24) is 4.90 Å². The standard InChI is InChI=1S/C22H26BrNO5/c1-4-28-17-7-5-6-8-18(17)29-16-9-11-24(12-10-16)22(25)15-13-19(26-2)21(23)20(14-15)27-3/h5-8,13-14,16H,4,9-12H2,1-3H3. The SMILES string of the molecule is CCOc1ccccc1OC1CCN(C(=O)c2cc(OC)c(Br)c(OC)c2)CC1. The number of carbonyl (C=O) groups is 1. The summed E-state index contributed by atoms with van der Waals surface area (Å²) in [7, 11) is 3.13. The molecule has 1 aliphatic heterocycles. The molecule has 1 fully saturated rings. The minimum absolute atomic E-state index is 0.0396. The first-order valence-electron chi connectivity index (χ1n) is 9.66. The summed E-state index contributed by atoms with van der Waals surface area (Å²) in [6, 6.07) is 11.2. The van der Waals surface area contributed by atoms with Gasteiger partial charge in [0.25, 0.3) is 5.91 Å². The quantitative estimate of drug-likeness (QED) is 0.602. The van der Waals surface area contributed by atoms with Gasteiger partial charge in [0.05, 0.1) is 20.8 Å². The molecule has 6 nitrogen and oxygen atoms in total. The summed E-state index contributed by atoms with van der Waals surface area (Å²) in [6.07, 6.45) is 1.57. The molecule has 7 heteroatoms. The van der Waals surface area contributed by atoms with Gasteiger partial charge in [-0.25, -0.2) is 0 Å². The van der Waals surface area contributed by atoms with E-state index in [4.69, 9.17) is 18.9 Å². The highest BCUT2D eigenvalue weighted by Crippen LogP contribution is 2.36. The van der Waals surface area contributed by atoms with E-state index in [0.717, 1.165) is 24.3 Å². The number of nitrogens with zero attached hydrogens (tertiary/aromatic N) is 1. The number of hydrogen-bond donors (Lipinski definition) is 0. The smallest absolute Gasteiger partial charge is 0.254 e. The molecule has 2 aromatic rings. The van der Waals surface area contributed by atoms with Crippen LogP contribution < -0.4 is 18.9 Å². The van der Waals surface area contributed by atoms with Gasteiger partial charge in [0, 0.05) is 31.5 Å². The summed E-state index contributed by atoms with van der Waals surface area (Å²) in [4.78, 5) is 14.8. The Morgan fingerprint density at radius 3 is 2.17 bits per heavy atom. The van der Waals surface area contributed by atoms with E-state index in [-0.39, 0.29) is 12.0 Å². The maximum Gasteiger partial charge on any atom is 0.254 e. The molecular weight excluding hydrogens is 438 g/mol. The van der Waals surface area contributed by atoms with Crippen molar-refractivity contribution in [2.24, 2.45) is 0 Å². The monoisotopic (exact) mass is 463 g/mol. The van der Waals surface area contributed by atoms with Crippen LogP contribution in [0, 0.1) is 0 Å². The Labute approximate surface area is 179 Å². The molecule has 1 amide bonds. The van der Waals surface area contributed by atoms with Gasteiger partial charge in [0.15, 0.2) is 11.5 Å². The molecule has 0 unspecified atom stereocenters. The second kappa shape index (κ2) is 9.87. The fraction of sp³-hybridized carbons (Fsp3) is 0.409. The first kappa shape index (κ1) is 21.3. The molecule has 1 aliphatic rings. The van der Waals surface area contributed by atoms with E-state index < -0.39 is 0 Å². The van der Waals surface area contributed by atoms with E-state index in [1.54, 1.807) is 26.4 Å². The predicted molar refractivity (Wildman–Crippen MR) is 114 cm³/mol. The van der Waals surface area contributed by atoms with Crippen LogP contribution in [-0.2, 0) is 0 Å². The summed E-state index contributed by atoms with van der Waals surface area (Å²) in [5.41, 5.74) is 0.544. The van der Waals surface area contributed by atoms with Crippen LogP contribution in [0.4, 0.5) is 0 Å². The summed E-state index contributed by atoms with van der Waals surface area (Å²) in [5, 5.41) is 0. The Balaban J connectivity index is 1.64. The molecule has 0 spiro atoms. The number of hydrogen-bond acceptors (Lipinski definition) is 5. The molecule has 156 valence electrons. The maximum atomic E-state index is 13.0. The molecule has 3 rings (SSSR count). The third-order valence-electron chi connectivity index (χ3n) is 4.86.